The summed E-state index contributed by atoms with van der Waals surface area (Å²) in [7, 11) is 0. The van der Waals surface area contributed by atoms with Crippen LogP contribution in [0.15, 0.2) is 23.8 Å². The number of hydrogen-bond acceptors (Lipinski definition) is 4. The standard InChI is InChI=1S/C10H5ClN2O4/c11-9-2-1-8(13(16)17)4-6(9)3-7(5-12)10(14)15/h1-4H,(H,14,15)/b7-3+. The largest absolute Gasteiger partial charge is 0.477 e. The third-order valence-corrected chi connectivity index (χ3v) is 2.19. The van der Waals surface area contributed by atoms with E-state index in [0.29, 0.717) is 0 Å². The summed E-state index contributed by atoms with van der Waals surface area (Å²) in [6.07, 6.45) is 0.984. The Morgan fingerprint density at radius 2 is 2.24 bits per heavy atom. The van der Waals surface area contributed by atoms with Crippen LogP contribution in [0.25, 0.3) is 6.08 Å². The first-order valence-corrected chi connectivity index (χ1v) is 4.62. The summed E-state index contributed by atoms with van der Waals surface area (Å²) in [5.74, 6) is -1.42. The molecule has 0 heterocycles. The van der Waals surface area contributed by atoms with Gasteiger partial charge in [-0.3, -0.25) is 10.1 Å². The Balaban J connectivity index is 3.32. The topological polar surface area (TPSA) is 104 Å². The van der Waals surface area contributed by atoms with Gasteiger partial charge in [-0.2, -0.15) is 5.26 Å². The van der Waals surface area contributed by atoms with Crippen molar-refractivity contribution in [3.05, 3.63) is 44.5 Å². The molecule has 0 radical (unpaired) electrons. The van der Waals surface area contributed by atoms with E-state index in [-0.39, 0.29) is 16.3 Å². The molecule has 0 atom stereocenters. The van der Waals surface area contributed by atoms with E-state index in [2.05, 4.69) is 0 Å². The predicted molar refractivity (Wildman–Crippen MR) is 59.3 cm³/mol. The Bertz CT molecular complexity index is 560. The van der Waals surface area contributed by atoms with Crippen molar-refractivity contribution in [3.8, 4) is 6.07 Å². The van der Waals surface area contributed by atoms with E-state index in [1.807, 2.05) is 0 Å². The van der Waals surface area contributed by atoms with Crippen LogP contribution in [-0.2, 0) is 4.79 Å². The summed E-state index contributed by atoms with van der Waals surface area (Å²) in [4.78, 5) is 20.5. The van der Waals surface area contributed by atoms with Gasteiger partial charge >= 0.3 is 5.97 Å². The molecule has 1 N–H and O–H groups in total. The van der Waals surface area contributed by atoms with Crippen LogP contribution in [0, 0.1) is 21.4 Å². The van der Waals surface area contributed by atoms with Gasteiger partial charge in [-0.05, 0) is 12.1 Å². The molecule has 0 aromatic heterocycles. The van der Waals surface area contributed by atoms with Crippen LogP contribution < -0.4 is 0 Å². The summed E-state index contributed by atoms with van der Waals surface area (Å²) in [6, 6.07) is 5.01. The van der Waals surface area contributed by atoms with E-state index in [0.717, 1.165) is 12.1 Å². The van der Waals surface area contributed by atoms with Gasteiger partial charge in [0.15, 0.2) is 0 Å². The van der Waals surface area contributed by atoms with Crippen molar-refractivity contribution in [2.75, 3.05) is 0 Å². The molecule has 0 saturated carbocycles. The maximum absolute atomic E-state index is 10.6. The van der Waals surface area contributed by atoms with E-state index in [1.54, 1.807) is 0 Å². The minimum Gasteiger partial charge on any atom is -0.477 e. The zero-order chi connectivity index (χ0) is 13.0. The van der Waals surface area contributed by atoms with E-state index < -0.39 is 16.5 Å². The second kappa shape index (κ2) is 5.09. The Morgan fingerprint density at radius 1 is 1.59 bits per heavy atom. The normalized spacial score (nSPS) is 10.7. The number of nitro benzene ring substituents is 1. The van der Waals surface area contributed by atoms with Gasteiger partial charge in [0.2, 0.25) is 0 Å². The highest BCUT2D eigenvalue weighted by atomic mass is 35.5. The van der Waals surface area contributed by atoms with Gasteiger partial charge in [0.1, 0.15) is 11.6 Å². The molecule has 0 bridgehead atoms. The third kappa shape index (κ3) is 3.03. The fourth-order valence-corrected chi connectivity index (χ4v) is 1.22. The molecule has 0 unspecified atom stereocenters. The number of carboxylic acids is 1. The monoisotopic (exact) mass is 252 g/mol. The van der Waals surface area contributed by atoms with Crippen LogP contribution in [-0.4, -0.2) is 16.0 Å². The molecular formula is C10H5ClN2O4. The number of nitro groups is 1. The van der Waals surface area contributed by atoms with Crippen molar-refractivity contribution in [3.63, 3.8) is 0 Å². The van der Waals surface area contributed by atoms with E-state index >= 15 is 0 Å². The van der Waals surface area contributed by atoms with Crippen molar-refractivity contribution in [1.29, 1.82) is 5.26 Å². The Morgan fingerprint density at radius 3 is 2.71 bits per heavy atom. The Labute approximate surface area is 101 Å². The third-order valence-electron chi connectivity index (χ3n) is 1.84. The van der Waals surface area contributed by atoms with Gasteiger partial charge in [-0.15, -0.1) is 0 Å². The van der Waals surface area contributed by atoms with Crippen LogP contribution in [0.5, 0.6) is 0 Å². The summed E-state index contributed by atoms with van der Waals surface area (Å²) in [5.41, 5.74) is -0.671. The first-order valence-electron chi connectivity index (χ1n) is 4.24. The number of nitrogens with zero attached hydrogens (tertiary/aromatic N) is 2. The first-order chi connectivity index (χ1) is 7.95. The van der Waals surface area contributed by atoms with Gasteiger partial charge in [-0.1, -0.05) is 11.6 Å². The second-order valence-electron chi connectivity index (χ2n) is 2.94. The fourth-order valence-electron chi connectivity index (χ4n) is 1.05. The summed E-state index contributed by atoms with van der Waals surface area (Å²) in [5, 5.41) is 27.8. The van der Waals surface area contributed by atoms with Crippen molar-refractivity contribution in [2.24, 2.45) is 0 Å². The van der Waals surface area contributed by atoms with Gasteiger partial charge in [0, 0.05) is 22.7 Å². The molecule has 0 saturated heterocycles. The van der Waals surface area contributed by atoms with Crippen LogP contribution in [0.4, 0.5) is 5.69 Å². The number of aliphatic carboxylic acids is 1. The number of carbonyl (C=O) groups is 1. The SMILES string of the molecule is N#C/C(=C\c1cc([N+](=O)[O-])ccc1Cl)C(=O)O. The number of rotatable bonds is 3. The fraction of sp³-hybridized carbons (Fsp3) is 0. The van der Waals surface area contributed by atoms with E-state index in [1.165, 1.54) is 18.2 Å². The summed E-state index contributed by atoms with van der Waals surface area (Å²) >= 11 is 5.74. The molecule has 0 aliphatic rings. The average Bonchev–Trinajstić information content (AvgIpc) is 2.27. The summed E-state index contributed by atoms with van der Waals surface area (Å²) < 4.78 is 0. The highest BCUT2D eigenvalue weighted by molar-refractivity contribution is 6.32. The number of halogens is 1. The molecule has 86 valence electrons. The number of non-ortho nitro benzene ring substituents is 1. The molecule has 7 heteroatoms. The molecule has 0 aliphatic heterocycles. The Kier molecular flexibility index (Phi) is 3.80. The minimum absolute atomic E-state index is 0.111. The van der Waals surface area contributed by atoms with Crippen LogP contribution in [0.3, 0.4) is 0 Å². The van der Waals surface area contributed by atoms with Crippen LogP contribution >= 0.6 is 11.6 Å². The molecular weight excluding hydrogens is 248 g/mol. The van der Waals surface area contributed by atoms with Gasteiger partial charge in [0.25, 0.3) is 5.69 Å². The molecule has 0 amide bonds. The molecule has 1 rings (SSSR count). The molecule has 17 heavy (non-hydrogen) atoms. The zero-order valence-corrected chi connectivity index (χ0v) is 9.01. The van der Waals surface area contributed by atoms with E-state index in [9.17, 15) is 14.9 Å². The van der Waals surface area contributed by atoms with Crippen LogP contribution in [0.1, 0.15) is 5.56 Å². The number of carboxylic acid groups (broad SMARTS) is 1. The lowest BCUT2D eigenvalue weighted by atomic mass is 10.1. The van der Waals surface area contributed by atoms with Crippen molar-refractivity contribution < 1.29 is 14.8 Å². The average molecular weight is 253 g/mol. The molecule has 0 spiro atoms. The second-order valence-corrected chi connectivity index (χ2v) is 3.35. The molecule has 0 aliphatic carbocycles. The predicted octanol–water partition coefficient (Wildman–Crippen LogP) is 2.24. The van der Waals surface area contributed by atoms with Gasteiger partial charge in [-0.25, -0.2) is 4.79 Å². The van der Waals surface area contributed by atoms with Crippen LogP contribution in [0.2, 0.25) is 5.02 Å². The minimum atomic E-state index is -1.42. The van der Waals surface area contributed by atoms with E-state index in [4.69, 9.17) is 22.0 Å². The molecule has 1 aromatic rings. The lowest BCUT2D eigenvalue weighted by molar-refractivity contribution is -0.384. The molecule has 1 aromatic carbocycles. The lowest BCUT2D eigenvalue weighted by Gasteiger charge is -1.98. The van der Waals surface area contributed by atoms with Crippen molar-refractivity contribution in [1.82, 2.24) is 0 Å². The smallest absolute Gasteiger partial charge is 0.346 e. The quantitative estimate of drug-likeness (QED) is 0.384. The van der Waals surface area contributed by atoms with Crippen molar-refractivity contribution in [2.45, 2.75) is 0 Å². The number of benzene rings is 1. The highest BCUT2D eigenvalue weighted by Crippen LogP contribution is 2.24. The number of hydrogen-bond donors (Lipinski definition) is 1. The first kappa shape index (κ1) is 12.7. The van der Waals surface area contributed by atoms with Crippen molar-refractivity contribution >= 4 is 29.3 Å². The zero-order valence-electron chi connectivity index (χ0n) is 8.25. The maximum atomic E-state index is 10.6. The van der Waals surface area contributed by atoms with Gasteiger partial charge in [0.05, 0.1) is 4.92 Å². The Hall–Kier alpha value is -2.39. The highest BCUT2D eigenvalue weighted by Gasteiger charge is 2.11. The summed E-state index contributed by atoms with van der Waals surface area (Å²) in [6.45, 7) is 0. The maximum Gasteiger partial charge on any atom is 0.346 e. The van der Waals surface area contributed by atoms with Gasteiger partial charge < -0.3 is 5.11 Å². The molecule has 6 nitrogen and oxygen atoms in total. The molecule has 0 fully saturated rings. The lowest BCUT2D eigenvalue weighted by Crippen LogP contribution is -1.97. The number of nitriles is 1.